The van der Waals surface area contributed by atoms with Gasteiger partial charge in [-0.05, 0) is 6.42 Å². The summed E-state index contributed by atoms with van der Waals surface area (Å²) in [5.74, 6) is 0. The summed E-state index contributed by atoms with van der Waals surface area (Å²) in [6, 6.07) is 0. The maximum atomic E-state index is 11.3. The lowest BCUT2D eigenvalue weighted by Crippen LogP contribution is -2.15. The van der Waals surface area contributed by atoms with Crippen LogP contribution in [-0.2, 0) is 0 Å². The Hall–Kier alpha value is -0.320. The van der Waals surface area contributed by atoms with Crippen LogP contribution in [0, 0.1) is 0 Å². The van der Waals surface area contributed by atoms with Crippen molar-refractivity contribution < 1.29 is 22.7 Å². The molecule has 0 radical (unpaired) electrons. The van der Waals surface area contributed by atoms with Crippen LogP contribution in [-0.4, -0.2) is 24.1 Å². The predicted octanol–water partition coefficient (Wildman–Crippen LogP) is 1.66. The highest BCUT2D eigenvalue weighted by Gasteiger charge is 2.27. The van der Waals surface area contributed by atoms with Crippen LogP contribution in [0.4, 0.5) is 17.6 Å². The van der Waals surface area contributed by atoms with Gasteiger partial charge in [0.05, 0.1) is 6.10 Å². The van der Waals surface area contributed by atoms with E-state index in [0.717, 1.165) is 0 Å². The molecule has 1 N–H and O–H groups in total. The Balaban J connectivity index is 3.36. The van der Waals surface area contributed by atoms with Crippen molar-refractivity contribution in [1.82, 2.24) is 0 Å². The third-order valence-corrected chi connectivity index (χ3v) is 0.939. The largest absolute Gasteiger partial charge is 0.390 e. The predicted molar refractivity (Wildman–Crippen MR) is 27.3 cm³/mol. The van der Waals surface area contributed by atoms with Gasteiger partial charge < -0.3 is 5.11 Å². The number of alkyl halides is 4. The fourth-order valence-corrected chi connectivity index (χ4v) is 0.407. The molecule has 10 heavy (non-hydrogen) atoms. The Kier molecular flexibility index (Phi) is 3.63. The Bertz CT molecular complexity index is 90.1. The Morgan fingerprint density at radius 2 is 1.80 bits per heavy atom. The number of aliphatic hydroxyl groups excluding tert-OH is 1. The first-order chi connectivity index (χ1) is 4.45. The van der Waals surface area contributed by atoms with Gasteiger partial charge in [-0.2, -0.15) is 13.2 Å². The van der Waals surface area contributed by atoms with Crippen LogP contribution in [0.5, 0.6) is 0 Å². The van der Waals surface area contributed by atoms with Crippen LogP contribution < -0.4 is 0 Å². The van der Waals surface area contributed by atoms with Crippen LogP contribution in [0.25, 0.3) is 0 Å². The Morgan fingerprint density at radius 3 is 2.10 bits per heavy atom. The molecule has 0 saturated heterocycles. The highest BCUT2D eigenvalue weighted by Crippen LogP contribution is 2.22. The van der Waals surface area contributed by atoms with E-state index in [2.05, 4.69) is 0 Å². The van der Waals surface area contributed by atoms with Crippen molar-refractivity contribution in [1.29, 1.82) is 0 Å². The van der Waals surface area contributed by atoms with Crippen molar-refractivity contribution in [3.05, 3.63) is 0 Å². The zero-order valence-corrected chi connectivity index (χ0v) is 5.16. The highest BCUT2D eigenvalue weighted by atomic mass is 19.4. The van der Waals surface area contributed by atoms with Crippen molar-refractivity contribution >= 4 is 0 Å². The minimum Gasteiger partial charge on any atom is -0.390 e. The summed E-state index contributed by atoms with van der Waals surface area (Å²) in [7, 11) is 0. The molecule has 0 saturated carbocycles. The molecular formula is C5H8F4O. The fraction of sp³-hybridized carbons (Fsp3) is 1.00. The molecule has 0 heterocycles. The lowest BCUT2D eigenvalue weighted by Gasteiger charge is -2.07. The smallest absolute Gasteiger partial charge is 0.389 e. The first-order valence-corrected chi connectivity index (χ1v) is 2.76. The molecule has 0 aromatic heterocycles. The lowest BCUT2D eigenvalue weighted by atomic mass is 10.2. The molecule has 0 aliphatic heterocycles. The highest BCUT2D eigenvalue weighted by molar-refractivity contribution is 4.57. The van der Waals surface area contributed by atoms with Crippen LogP contribution in [0.2, 0.25) is 0 Å². The van der Waals surface area contributed by atoms with E-state index in [1.807, 2.05) is 0 Å². The fourth-order valence-electron chi connectivity index (χ4n) is 0.407. The maximum absolute atomic E-state index is 11.3. The number of rotatable bonds is 3. The van der Waals surface area contributed by atoms with Gasteiger partial charge in [0.1, 0.15) is 6.67 Å². The lowest BCUT2D eigenvalue weighted by molar-refractivity contribution is -0.140. The summed E-state index contributed by atoms with van der Waals surface area (Å²) in [4.78, 5) is 0. The minimum absolute atomic E-state index is 0.556. The molecule has 1 atom stereocenters. The van der Waals surface area contributed by atoms with Gasteiger partial charge in [-0.1, -0.05) is 0 Å². The SMILES string of the molecule is OC(CF)CCC(F)(F)F. The van der Waals surface area contributed by atoms with Gasteiger partial charge in [0.15, 0.2) is 0 Å². The monoisotopic (exact) mass is 160 g/mol. The van der Waals surface area contributed by atoms with Crippen LogP contribution >= 0.6 is 0 Å². The van der Waals surface area contributed by atoms with Crippen LogP contribution in [0.3, 0.4) is 0 Å². The summed E-state index contributed by atoms with van der Waals surface area (Å²) >= 11 is 0. The van der Waals surface area contributed by atoms with Crippen molar-refractivity contribution in [2.45, 2.75) is 25.1 Å². The molecule has 0 rings (SSSR count). The van der Waals surface area contributed by atoms with Gasteiger partial charge in [0.2, 0.25) is 0 Å². The van der Waals surface area contributed by atoms with E-state index in [9.17, 15) is 17.6 Å². The second-order valence-corrected chi connectivity index (χ2v) is 1.96. The van der Waals surface area contributed by atoms with Crippen molar-refractivity contribution in [2.24, 2.45) is 0 Å². The van der Waals surface area contributed by atoms with Gasteiger partial charge in [0, 0.05) is 6.42 Å². The van der Waals surface area contributed by atoms with E-state index in [1.165, 1.54) is 0 Å². The normalized spacial score (nSPS) is 15.3. The molecule has 0 fully saturated rings. The average molecular weight is 160 g/mol. The molecule has 0 spiro atoms. The number of halogens is 4. The van der Waals surface area contributed by atoms with Gasteiger partial charge in [-0.15, -0.1) is 0 Å². The van der Waals surface area contributed by atoms with Crippen LogP contribution in [0.15, 0.2) is 0 Å². The zero-order chi connectivity index (χ0) is 8.20. The minimum atomic E-state index is -4.30. The molecule has 62 valence electrons. The first-order valence-electron chi connectivity index (χ1n) is 2.76. The van der Waals surface area contributed by atoms with E-state index < -0.39 is 31.8 Å². The quantitative estimate of drug-likeness (QED) is 0.622. The van der Waals surface area contributed by atoms with Gasteiger partial charge in [-0.25, -0.2) is 4.39 Å². The Labute approximate surface area is 55.7 Å². The summed E-state index contributed by atoms with van der Waals surface area (Å²) in [5, 5.41) is 8.35. The van der Waals surface area contributed by atoms with Crippen molar-refractivity contribution in [3.8, 4) is 0 Å². The molecular weight excluding hydrogens is 152 g/mol. The summed E-state index contributed by atoms with van der Waals surface area (Å²) in [6.07, 6.45) is -7.45. The summed E-state index contributed by atoms with van der Waals surface area (Å²) < 4.78 is 45.3. The summed E-state index contributed by atoms with van der Waals surface area (Å²) in [6.45, 7) is -1.11. The van der Waals surface area contributed by atoms with E-state index in [1.54, 1.807) is 0 Å². The standard InChI is InChI=1S/C5H8F4O/c6-3-4(10)1-2-5(7,8)9/h4,10H,1-3H2. The van der Waals surface area contributed by atoms with Gasteiger partial charge in [-0.3, -0.25) is 0 Å². The Morgan fingerprint density at radius 1 is 1.30 bits per heavy atom. The second-order valence-electron chi connectivity index (χ2n) is 1.96. The molecule has 0 aromatic rings. The van der Waals surface area contributed by atoms with Crippen molar-refractivity contribution in [2.75, 3.05) is 6.67 Å². The van der Waals surface area contributed by atoms with E-state index in [0.29, 0.717) is 0 Å². The molecule has 5 heteroatoms. The molecule has 1 unspecified atom stereocenters. The molecule has 0 aliphatic carbocycles. The third kappa shape index (κ3) is 5.81. The average Bonchev–Trinajstić information content (AvgIpc) is 1.81. The molecule has 0 aliphatic rings. The maximum Gasteiger partial charge on any atom is 0.389 e. The zero-order valence-electron chi connectivity index (χ0n) is 5.16. The van der Waals surface area contributed by atoms with Crippen LogP contribution in [0.1, 0.15) is 12.8 Å². The molecule has 1 nitrogen and oxygen atoms in total. The van der Waals surface area contributed by atoms with E-state index in [4.69, 9.17) is 5.11 Å². The number of aliphatic hydroxyl groups is 1. The van der Waals surface area contributed by atoms with E-state index >= 15 is 0 Å². The number of hydrogen-bond donors (Lipinski definition) is 1. The second kappa shape index (κ2) is 3.75. The molecule has 0 amide bonds. The van der Waals surface area contributed by atoms with Crippen molar-refractivity contribution in [3.63, 3.8) is 0 Å². The topological polar surface area (TPSA) is 20.2 Å². The van der Waals surface area contributed by atoms with Gasteiger partial charge >= 0.3 is 6.18 Å². The number of hydrogen-bond acceptors (Lipinski definition) is 1. The first kappa shape index (κ1) is 9.68. The summed E-state index contributed by atoms with van der Waals surface area (Å²) in [5.41, 5.74) is 0. The van der Waals surface area contributed by atoms with Gasteiger partial charge in [0.25, 0.3) is 0 Å². The third-order valence-electron chi connectivity index (χ3n) is 0.939. The molecule has 0 aromatic carbocycles. The molecule has 0 bridgehead atoms. The van der Waals surface area contributed by atoms with E-state index in [-0.39, 0.29) is 0 Å².